The van der Waals surface area contributed by atoms with Gasteiger partial charge in [0.2, 0.25) is 0 Å². The predicted octanol–water partition coefficient (Wildman–Crippen LogP) is 0.722. The van der Waals surface area contributed by atoms with Gasteiger partial charge in [-0.15, -0.1) is 23.1 Å². The number of thioether (sulfide) groups is 1. The van der Waals surface area contributed by atoms with Crippen LogP contribution in [0.25, 0.3) is 0 Å². The summed E-state index contributed by atoms with van der Waals surface area (Å²) >= 11 is 2.47. The van der Waals surface area contributed by atoms with Gasteiger partial charge in [-0.3, -0.25) is 14.5 Å². The Morgan fingerprint density at radius 2 is 2.24 bits per heavy atom. The van der Waals surface area contributed by atoms with Crippen molar-refractivity contribution >= 4 is 57.6 Å². The zero-order valence-electron chi connectivity index (χ0n) is 19.4. The van der Waals surface area contributed by atoms with Crippen molar-refractivity contribution in [2.75, 3.05) is 25.1 Å². The number of carboxylic acid groups (broad SMARTS) is 1. The summed E-state index contributed by atoms with van der Waals surface area (Å²) in [5, 5.41) is 27.5. The number of β-lactam (4-membered cyclic amide) rings is 1. The SMILES string of the molecule is CO/N=C(\C(=O)N[C@@H]1C(=O)N2C(C(=O)O)=C(C[N+]3=C=C4CC=CC(O)=C4C=C3)CS[C@H]12)c1csc(N)n1. The predicted molar refractivity (Wildman–Crippen MR) is 136 cm³/mol. The number of rotatable bonds is 7. The Bertz CT molecular complexity index is 1440. The van der Waals surface area contributed by atoms with E-state index >= 15 is 0 Å². The van der Waals surface area contributed by atoms with Crippen molar-refractivity contribution in [1.82, 2.24) is 15.2 Å². The van der Waals surface area contributed by atoms with Gasteiger partial charge in [0.1, 0.15) is 35.7 Å². The monoisotopic (exact) mass is 541 g/mol. The number of fused-ring (bicyclic) bond motifs is 2. The second kappa shape index (κ2) is 9.73. The van der Waals surface area contributed by atoms with Crippen molar-refractivity contribution in [2.45, 2.75) is 17.8 Å². The number of aliphatic carboxylic acids is 1. The third-order valence-electron chi connectivity index (χ3n) is 5.96. The molecule has 3 aliphatic heterocycles. The van der Waals surface area contributed by atoms with Crippen LogP contribution in [0, 0.1) is 0 Å². The van der Waals surface area contributed by atoms with Crippen LogP contribution in [0.1, 0.15) is 12.1 Å². The Kier molecular flexibility index (Phi) is 6.46. The van der Waals surface area contributed by atoms with Gasteiger partial charge in [0.25, 0.3) is 11.8 Å². The highest BCUT2D eigenvalue weighted by atomic mass is 32.2. The van der Waals surface area contributed by atoms with Crippen molar-refractivity contribution in [2.24, 2.45) is 5.16 Å². The van der Waals surface area contributed by atoms with Gasteiger partial charge in [0.05, 0.1) is 5.57 Å². The molecule has 1 fully saturated rings. The number of nitrogens with two attached hydrogens (primary N) is 1. The van der Waals surface area contributed by atoms with Crippen LogP contribution >= 0.6 is 23.1 Å². The smallest absolute Gasteiger partial charge is 0.352 e. The third-order valence-corrected chi connectivity index (χ3v) is 7.97. The van der Waals surface area contributed by atoms with E-state index in [1.165, 1.54) is 23.8 Å². The minimum atomic E-state index is -1.23. The molecule has 5 N–H and O–H groups in total. The number of anilines is 1. The summed E-state index contributed by atoms with van der Waals surface area (Å²) in [5.74, 6) is 1.21. The van der Waals surface area contributed by atoms with E-state index in [-0.39, 0.29) is 34.5 Å². The van der Waals surface area contributed by atoms with Crippen molar-refractivity contribution in [3.05, 3.63) is 63.7 Å². The van der Waals surface area contributed by atoms with Crippen LogP contribution in [0.4, 0.5) is 5.13 Å². The fraction of sp³-hybridized carbons (Fsp3) is 0.261. The van der Waals surface area contributed by atoms with E-state index in [1.54, 1.807) is 28.3 Å². The van der Waals surface area contributed by atoms with Crippen molar-refractivity contribution in [3.63, 3.8) is 0 Å². The van der Waals surface area contributed by atoms with Crippen molar-refractivity contribution in [1.29, 1.82) is 0 Å². The molecular weight excluding hydrogens is 520 g/mol. The maximum absolute atomic E-state index is 13.0. The maximum atomic E-state index is 13.0. The minimum absolute atomic E-state index is 0.106. The van der Waals surface area contributed by atoms with Crippen molar-refractivity contribution in [3.8, 4) is 0 Å². The zero-order chi connectivity index (χ0) is 26.3. The number of aromatic nitrogens is 1. The Hall–Kier alpha value is -4.13. The van der Waals surface area contributed by atoms with Crippen LogP contribution in [0.5, 0.6) is 0 Å². The number of hydrogen-bond acceptors (Lipinski definition) is 10. The molecule has 1 aromatic heterocycles. The van der Waals surface area contributed by atoms with Crippen LogP contribution in [-0.2, 0) is 19.2 Å². The molecule has 0 unspecified atom stereocenters. The molecule has 4 aliphatic rings. The normalized spacial score (nSPS) is 22.7. The van der Waals surface area contributed by atoms with E-state index in [4.69, 9.17) is 10.6 Å². The number of nitrogens with one attached hydrogen (secondary N) is 1. The first-order chi connectivity index (χ1) is 17.8. The molecule has 4 heterocycles. The second-order valence-corrected chi connectivity index (χ2v) is 10.2. The number of aliphatic hydroxyl groups is 1. The van der Waals surface area contributed by atoms with Crippen LogP contribution in [0.3, 0.4) is 0 Å². The summed E-state index contributed by atoms with van der Waals surface area (Å²) in [4.78, 5) is 48.1. The molecule has 0 saturated carbocycles. The lowest BCUT2D eigenvalue weighted by Gasteiger charge is -2.49. The summed E-state index contributed by atoms with van der Waals surface area (Å²) in [7, 11) is 1.28. The zero-order valence-corrected chi connectivity index (χ0v) is 21.0. The minimum Gasteiger partial charge on any atom is -0.507 e. The number of carbonyl (C=O) groups excluding carboxylic acids is 2. The van der Waals surface area contributed by atoms with Gasteiger partial charge in [0.15, 0.2) is 29.5 Å². The number of allylic oxidation sites excluding steroid dienone is 5. The molecule has 37 heavy (non-hydrogen) atoms. The number of nitrogen functional groups attached to an aromatic ring is 1. The summed E-state index contributed by atoms with van der Waals surface area (Å²) < 4.78 is 1.71. The molecule has 190 valence electrons. The summed E-state index contributed by atoms with van der Waals surface area (Å²) in [5.41, 5.74) is 7.61. The molecule has 1 aliphatic carbocycles. The quantitative estimate of drug-likeness (QED) is 0.168. The van der Waals surface area contributed by atoms with Gasteiger partial charge in [-0.25, -0.2) is 9.78 Å². The lowest BCUT2D eigenvalue weighted by molar-refractivity contribution is -0.441. The van der Waals surface area contributed by atoms with E-state index in [1.807, 2.05) is 6.08 Å². The fourth-order valence-electron chi connectivity index (χ4n) is 4.31. The van der Waals surface area contributed by atoms with E-state index < -0.39 is 29.2 Å². The van der Waals surface area contributed by atoms with Gasteiger partial charge >= 0.3 is 5.97 Å². The molecule has 5 rings (SSSR count). The first kappa shape index (κ1) is 24.6. The number of carbonyl (C=O) groups is 3. The molecular formula is C23H21N6O6S2+. The van der Waals surface area contributed by atoms with E-state index in [9.17, 15) is 24.6 Å². The lowest BCUT2D eigenvalue weighted by Crippen LogP contribution is -2.71. The first-order valence-corrected chi connectivity index (χ1v) is 12.9. The summed E-state index contributed by atoms with van der Waals surface area (Å²) in [6.45, 7) is 0.204. The number of aliphatic hydroxyl groups excluding tert-OH is 1. The highest BCUT2D eigenvalue weighted by Gasteiger charge is 2.55. The summed E-state index contributed by atoms with van der Waals surface area (Å²) in [6.07, 6.45) is 7.50. The average molecular weight is 542 g/mol. The fourth-order valence-corrected chi connectivity index (χ4v) is 6.20. The number of oxime groups is 1. The molecule has 0 spiro atoms. The lowest BCUT2D eigenvalue weighted by atomic mass is 9.97. The molecule has 1 saturated heterocycles. The average Bonchev–Trinajstić information content (AvgIpc) is 3.31. The molecule has 14 heteroatoms. The van der Waals surface area contributed by atoms with E-state index in [0.717, 1.165) is 16.9 Å². The first-order valence-electron chi connectivity index (χ1n) is 11.0. The standard InChI is InChI=1S/C23H20N6O6S2/c1-35-27-16(14-10-37-23(24)25-14)19(31)26-17-20(32)29-18(22(33)34)12(9-36-21(17)29)8-28-6-5-13-11(7-28)3-2-4-15(13)30/h2,4-6,10,17,21H,3,8-9H2,1H3,(H4-,24,25,26,30,31,33,34)/p+1/b27-16-/t17-,21-/m1/s1. The molecule has 2 amide bonds. The van der Waals surface area contributed by atoms with Gasteiger partial charge < -0.3 is 26.1 Å². The number of nitrogens with zero attached hydrogens (tertiary/aromatic N) is 4. The molecule has 1 aromatic rings. The third kappa shape index (κ3) is 4.46. The Labute approximate surface area is 218 Å². The van der Waals surface area contributed by atoms with Gasteiger partial charge in [-0.05, 0) is 6.08 Å². The number of thiazole rings is 1. The number of amides is 2. The van der Waals surface area contributed by atoms with Crippen LogP contribution < -0.4 is 11.1 Å². The van der Waals surface area contributed by atoms with Gasteiger partial charge in [0, 0.05) is 34.8 Å². The number of carboxylic acids is 1. The molecule has 2 atom stereocenters. The second-order valence-electron chi connectivity index (χ2n) is 8.25. The highest BCUT2D eigenvalue weighted by Crippen LogP contribution is 2.40. The molecule has 0 radical (unpaired) electrons. The largest absolute Gasteiger partial charge is 0.507 e. The van der Waals surface area contributed by atoms with Gasteiger partial charge in [-0.1, -0.05) is 11.2 Å². The molecule has 0 aromatic carbocycles. The van der Waals surface area contributed by atoms with Crippen LogP contribution in [0.15, 0.2) is 63.1 Å². The topological polar surface area (TPSA) is 170 Å². The van der Waals surface area contributed by atoms with Gasteiger partial charge in [-0.2, -0.15) is 4.58 Å². The van der Waals surface area contributed by atoms with Crippen LogP contribution in [-0.4, -0.2) is 84.9 Å². The molecule has 0 bridgehead atoms. The van der Waals surface area contributed by atoms with E-state index in [0.29, 0.717) is 23.3 Å². The Morgan fingerprint density at radius 3 is 2.95 bits per heavy atom. The van der Waals surface area contributed by atoms with Crippen molar-refractivity contribution < 1.29 is 34.0 Å². The van der Waals surface area contributed by atoms with Crippen LogP contribution in [0.2, 0.25) is 0 Å². The Balaban J connectivity index is 1.36. The Morgan fingerprint density at radius 1 is 1.43 bits per heavy atom. The number of hydrogen-bond donors (Lipinski definition) is 4. The van der Waals surface area contributed by atoms with E-state index in [2.05, 4.69) is 21.3 Å². The molecule has 12 nitrogen and oxygen atoms in total. The summed E-state index contributed by atoms with van der Waals surface area (Å²) in [6, 6.07) is -0.945. The maximum Gasteiger partial charge on any atom is 0.352 e. The highest BCUT2D eigenvalue weighted by molar-refractivity contribution is 8.00.